The molecule has 0 bridgehead atoms. The maximum atomic E-state index is 10.9. The average Bonchev–Trinajstić information content (AvgIpc) is 3.24. The molecule has 1 rings (SSSR count). The van der Waals surface area contributed by atoms with E-state index in [1.165, 1.54) is 0 Å². The first-order chi connectivity index (χ1) is 10.9. The molecule has 1 N–H and O–H groups in total. The first kappa shape index (κ1) is 20.2. The number of carbonyl (C=O) groups is 1. The van der Waals surface area contributed by atoms with Crippen molar-refractivity contribution in [3.63, 3.8) is 0 Å². The molecular formula is C19H33O4-. The minimum Gasteiger partial charge on any atom is -0.550 e. The van der Waals surface area contributed by atoms with Crippen LogP contribution in [0.1, 0.15) is 59.3 Å². The number of allylic oxidation sites excluding steroid dienone is 1. The van der Waals surface area contributed by atoms with Crippen molar-refractivity contribution in [1.82, 2.24) is 0 Å². The van der Waals surface area contributed by atoms with Crippen LogP contribution in [-0.2, 0) is 9.53 Å². The summed E-state index contributed by atoms with van der Waals surface area (Å²) in [7, 11) is 1.77. The summed E-state index contributed by atoms with van der Waals surface area (Å²) in [6, 6.07) is 0. The van der Waals surface area contributed by atoms with E-state index in [1.807, 2.05) is 0 Å². The van der Waals surface area contributed by atoms with Gasteiger partial charge in [0.05, 0.1) is 12.2 Å². The highest BCUT2D eigenvalue weighted by Gasteiger charge is 2.38. The molecule has 4 nitrogen and oxygen atoms in total. The van der Waals surface area contributed by atoms with E-state index in [-0.39, 0.29) is 6.10 Å². The van der Waals surface area contributed by atoms with Crippen LogP contribution >= 0.6 is 0 Å². The van der Waals surface area contributed by atoms with Gasteiger partial charge in [0.1, 0.15) is 0 Å². The van der Waals surface area contributed by atoms with Crippen molar-refractivity contribution in [1.29, 1.82) is 0 Å². The lowest BCUT2D eigenvalue weighted by Gasteiger charge is -2.22. The number of hydrogen-bond donors (Lipinski definition) is 1. The first-order valence-electron chi connectivity index (χ1n) is 9.01. The van der Waals surface area contributed by atoms with Gasteiger partial charge in [-0.15, -0.1) is 0 Å². The van der Waals surface area contributed by atoms with Gasteiger partial charge in [0, 0.05) is 19.0 Å². The molecule has 0 saturated heterocycles. The highest BCUT2D eigenvalue weighted by atomic mass is 16.5. The van der Waals surface area contributed by atoms with Gasteiger partial charge in [-0.05, 0) is 49.9 Å². The van der Waals surface area contributed by atoms with Crippen LogP contribution in [0.3, 0.4) is 0 Å². The number of rotatable bonds is 12. The molecule has 0 radical (unpaired) electrons. The van der Waals surface area contributed by atoms with Crippen LogP contribution < -0.4 is 5.11 Å². The molecule has 134 valence electrons. The molecule has 1 fully saturated rings. The molecule has 4 heteroatoms. The molecule has 0 aromatic rings. The van der Waals surface area contributed by atoms with Gasteiger partial charge in [0.2, 0.25) is 0 Å². The monoisotopic (exact) mass is 325 g/mol. The summed E-state index contributed by atoms with van der Waals surface area (Å²) in [6.07, 6.45) is 9.08. The zero-order valence-corrected chi connectivity index (χ0v) is 15.0. The number of aliphatic hydroxyl groups is 1. The van der Waals surface area contributed by atoms with E-state index in [0.29, 0.717) is 30.6 Å². The third-order valence-electron chi connectivity index (χ3n) is 5.38. The van der Waals surface area contributed by atoms with Crippen LogP contribution in [0.2, 0.25) is 0 Å². The minimum atomic E-state index is -1.13. The number of methoxy groups -OCH3 is 1. The van der Waals surface area contributed by atoms with Crippen LogP contribution in [0, 0.1) is 23.7 Å². The third-order valence-corrected chi connectivity index (χ3v) is 5.38. The smallest absolute Gasteiger partial charge is 0.0631 e. The Balaban J connectivity index is 2.26. The van der Waals surface area contributed by atoms with Crippen molar-refractivity contribution in [3.05, 3.63) is 12.2 Å². The molecular weight excluding hydrogens is 292 g/mol. The van der Waals surface area contributed by atoms with E-state index in [1.54, 1.807) is 14.0 Å². The topological polar surface area (TPSA) is 69.6 Å². The maximum absolute atomic E-state index is 10.9. The zero-order chi connectivity index (χ0) is 17.4. The van der Waals surface area contributed by atoms with Crippen LogP contribution in [0.15, 0.2) is 12.2 Å². The summed E-state index contributed by atoms with van der Waals surface area (Å²) in [5, 5.41) is 21.0. The van der Waals surface area contributed by atoms with Gasteiger partial charge < -0.3 is 19.7 Å². The molecule has 1 aliphatic carbocycles. The van der Waals surface area contributed by atoms with Gasteiger partial charge in [0.15, 0.2) is 0 Å². The highest BCUT2D eigenvalue weighted by Crippen LogP contribution is 2.45. The minimum absolute atomic E-state index is 0.279. The number of hydrogen-bond acceptors (Lipinski definition) is 4. The fraction of sp³-hybridized carbons (Fsp3) is 0.842. The maximum Gasteiger partial charge on any atom is 0.0631 e. The van der Waals surface area contributed by atoms with E-state index in [9.17, 15) is 15.0 Å². The molecule has 0 aromatic heterocycles. The highest BCUT2D eigenvalue weighted by molar-refractivity contribution is 5.68. The van der Waals surface area contributed by atoms with Gasteiger partial charge in [-0.2, -0.15) is 0 Å². The number of carboxylic acid groups (broad SMARTS) is 1. The Morgan fingerprint density at radius 3 is 2.52 bits per heavy atom. The van der Waals surface area contributed by atoms with Gasteiger partial charge in [0.25, 0.3) is 0 Å². The summed E-state index contributed by atoms with van der Waals surface area (Å²) in [5.74, 6) is -0.262. The van der Waals surface area contributed by atoms with Crippen LogP contribution in [0.25, 0.3) is 0 Å². The molecule has 0 aliphatic heterocycles. The first-order valence-corrected chi connectivity index (χ1v) is 9.01. The predicted octanol–water partition coefficient (Wildman–Crippen LogP) is 2.55. The van der Waals surface area contributed by atoms with E-state index in [4.69, 9.17) is 4.74 Å². The molecule has 2 unspecified atom stereocenters. The number of aliphatic hydroxyl groups excluding tert-OH is 1. The number of carboxylic acids is 1. The fourth-order valence-electron chi connectivity index (χ4n) is 3.28. The van der Waals surface area contributed by atoms with Gasteiger partial charge in [-0.25, -0.2) is 0 Å². The zero-order valence-electron chi connectivity index (χ0n) is 15.0. The fourth-order valence-corrected chi connectivity index (χ4v) is 3.28. The molecule has 0 aromatic carbocycles. The lowest BCUT2D eigenvalue weighted by atomic mass is 9.94. The van der Waals surface area contributed by atoms with Crippen LogP contribution in [-0.4, -0.2) is 30.4 Å². The third kappa shape index (κ3) is 6.64. The van der Waals surface area contributed by atoms with Gasteiger partial charge in [-0.3, -0.25) is 0 Å². The molecule has 0 heterocycles. The summed E-state index contributed by atoms with van der Waals surface area (Å²) >= 11 is 0. The Morgan fingerprint density at radius 2 is 2.00 bits per heavy atom. The standard InChI is InChI=1S/C19H34O4/c1-5-13(3)18(23-4)10-8-7-9-14-11-15(14)12-17(20)16(6-2)19(21)22/h7-8,13-18,20H,5-6,9-12H2,1-4H3,(H,21,22)/p-1/b8-7-/t13-,14?,15?,16+,17+,18-/m0/s1. The number of ether oxygens (including phenoxy) is 1. The van der Waals surface area contributed by atoms with Crippen molar-refractivity contribution in [2.75, 3.05) is 7.11 Å². The predicted molar refractivity (Wildman–Crippen MR) is 89.6 cm³/mol. The molecule has 6 atom stereocenters. The Morgan fingerprint density at radius 1 is 1.30 bits per heavy atom. The van der Waals surface area contributed by atoms with Gasteiger partial charge >= 0.3 is 0 Å². The second kappa shape index (κ2) is 10.1. The Bertz CT molecular complexity index is 380. The lowest BCUT2D eigenvalue weighted by Crippen LogP contribution is -2.38. The van der Waals surface area contributed by atoms with E-state index >= 15 is 0 Å². The number of carbonyl (C=O) groups excluding carboxylic acids is 1. The Labute approximate surface area is 140 Å². The summed E-state index contributed by atoms with van der Waals surface area (Å²) in [4.78, 5) is 10.9. The van der Waals surface area contributed by atoms with Crippen molar-refractivity contribution in [2.24, 2.45) is 23.7 Å². The van der Waals surface area contributed by atoms with Gasteiger partial charge in [-0.1, -0.05) is 39.3 Å². The van der Waals surface area contributed by atoms with Crippen LogP contribution in [0.5, 0.6) is 0 Å². The molecule has 0 amide bonds. The molecule has 1 saturated carbocycles. The van der Waals surface area contributed by atoms with Crippen molar-refractivity contribution in [3.8, 4) is 0 Å². The second-order valence-electron chi connectivity index (χ2n) is 7.00. The summed E-state index contributed by atoms with van der Waals surface area (Å²) < 4.78 is 5.51. The second-order valence-corrected chi connectivity index (χ2v) is 7.00. The molecule has 23 heavy (non-hydrogen) atoms. The molecule has 0 spiro atoms. The van der Waals surface area contributed by atoms with E-state index < -0.39 is 18.0 Å². The van der Waals surface area contributed by atoms with Crippen molar-refractivity contribution < 1.29 is 19.7 Å². The SMILES string of the molecule is CC[C@H](C)[C@H](C/C=C\CC1CC1C[C@@H](O)[C@@H](CC)C(=O)[O-])OC. The van der Waals surface area contributed by atoms with Crippen molar-refractivity contribution in [2.45, 2.75) is 71.5 Å². The van der Waals surface area contributed by atoms with E-state index in [0.717, 1.165) is 25.7 Å². The average molecular weight is 325 g/mol. The quantitative estimate of drug-likeness (QED) is 0.560. The summed E-state index contributed by atoms with van der Waals surface area (Å²) in [5.41, 5.74) is 0. The lowest BCUT2D eigenvalue weighted by molar-refractivity contribution is -0.314. The largest absolute Gasteiger partial charge is 0.550 e. The number of aliphatic carboxylic acids is 1. The normalized spacial score (nSPS) is 26.0. The molecule has 1 aliphatic rings. The Hall–Kier alpha value is -0.870. The van der Waals surface area contributed by atoms with E-state index in [2.05, 4.69) is 26.0 Å². The van der Waals surface area contributed by atoms with Crippen molar-refractivity contribution >= 4 is 5.97 Å². The summed E-state index contributed by atoms with van der Waals surface area (Å²) in [6.45, 7) is 6.17. The Kier molecular flexibility index (Phi) is 8.85. The van der Waals surface area contributed by atoms with Crippen LogP contribution in [0.4, 0.5) is 0 Å².